The van der Waals surface area contributed by atoms with Crippen molar-refractivity contribution < 1.29 is 22.9 Å². The van der Waals surface area contributed by atoms with Crippen molar-refractivity contribution >= 4 is 26.8 Å². The summed E-state index contributed by atoms with van der Waals surface area (Å²) in [7, 11) is -4.13. The second-order valence-corrected chi connectivity index (χ2v) is 8.59. The molecule has 0 unspecified atom stereocenters. The molecule has 2 aromatic rings. The summed E-state index contributed by atoms with van der Waals surface area (Å²) in [6, 6.07) is 12.7. The molecule has 28 heavy (non-hydrogen) atoms. The highest BCUT2D eigenvalue weighted by molar-refractivity contribution is 7.86. The van der Waals surface area contributed by atoms with Gasteiger partial charge in [0.2, 0.25) is 5.91 Å². The van der Waals surface area contributed by atoms with Crippen LogP contribution in [0.15, 0.2) is 47.4 Å². The molecule has 1 aliphatic rings. The number of piperidine rings is 1. The fourth-order valence-electron chi connectivity index (χ4n) is 3.54. The molecule has 0 saturated carbocycles. The van der Waals surface area contributed by atoms with Crippen molar-refractivity contribution in [1.82, 2.24) is 4.90 Å². The number of β-amino-alcohol motifs (C(OH)–C–C–N with tert-alkyl or cyclic N) is 1. The van der Waals surface area contributed by atoms with Crippen LogP contribution in [0.4, 0.5) is 0 Å². The van der Waals surface area contributed by atoms with Gasteiger partial charge in [-0.25, -0.2) is 0 Å². The van der Waals surface area contributed by atoms with E-state index in [0.29, 0.717) is 24.0 Å². The molecule has 3 rings (SSSR count). The van der Waals surface area contributed by atoms with Crippen LogP contribution in [0.2, 0.25) is 0 Å². The molecule has 2 aromatic carbocycles. The largest absolute Gasteiger partial charge is 0.382 e. The highest BCUT2D eigenvalue weighted by atomic mass is 32.2. The van der Waals surface area contributed by atoms with E-state index < -0.39 is 22.1 Å². The molecule has 8 heteroatoms. The molecule has 0 aliphatic carbocycles. The van der Waals surface area contributed by atoms with Gasteiger partial charge in [0.25, 0.3) is 10.1 Å². The molecule has 154 valence electrons. The summed E-state index contributed by atoms with van der Waals surface area (Å²) in [5.74, 6) is -0.630. The number of carbonyl (C=O) groups excluding carboxylic acids is 1. The molecule has 0 bridgehead atoms. The van der Waals surface area contributed by atoms with Gasteiger partial charge in [0.05, 0.1) is 0 Å². The van der Waals surface area contributed by atoms with Gasteiger partial charge < -0.3 is 10.8 Å². The van der Waals surface area contributed by atoms with Crippen LogP contribution < -0.4 is 5.73 Å². The maximum absolute atomic E-state index is 11.0. The van der Waals surface area contributed by atoms with E-state index in [1.54, 1.807) is 30.3 Å². The number of carbonyl (C=O) groups is 1. The van der Waals surface area contributed by atoms with Gasteiger partial charge in [-0.3, -0.25) is 14.2 Å². The number of aliphatic hydroxyl groups excluding tert-OH is 1. The Morgan fingerprint density at radius 3 is 2.29 bits per heavy atom. The predicted molar refractivity (Wildman–Crippen MR) is 108 cm³/mol. The summed E-state index contributed by atoms with van der Waals surface area (Å²) in [6.45, 7) is 4.63. The van der Waals surface area contributed by atoms with E-state index in [1.165, 1.54) is 12.5 Å². The molecule has 0 aromatic heterocycles. The fourth-order valence-corrected chi connectivity index (χ4v) is 4.26. The Labute approximate surface area is 165 Å². The number of amides is 1. The molecular formula is C20H28N2O5S. The minimum absolute atomic E-state index is 0.0457. The zero-order valence-electron chi connectivity index (χ0n) is 16.2. The standard InChI is InChI=1S/C10H20N2O2.C10H8O3S/c1-7-4-3-5-8(2)12(7)6-9(13)10(11)14;11-14(12,13)10-7-3-5-8-4-1-2-6-9(8)10/h7-9,13H,3-6H2,1-2H3,(H2,11,14);1-7H,(H,11,12,13)/t7-,8+,9-;/m1./s1. The highest BCUT2D eigenvalue weighted by Gasteiger charge is 2.27. The number of fused-ring (bicyclic) bond motifs is 1. The number of rotatable bonds is 4. The molecule has 1 heterocycles. The van der Waals surface area contributed by atoms with Gasteiger partial charge in [-0.1, -0.05) is 42.8 Å². The minimum Gasteiger partial charge on any atom is -0.382 e. The first-order valence-electron chi connectivity index (χ1n) is 9.29. The lowest BCUT2D eigenvalue weighted by Gasteiger charge is -2.39. The number of hydrogen-bond acceptors (Lipinski definition) is 5. The Morgan fingerprint density at radius 1 is 1.14 bits per heavy atom. The lowest BCUT2D eigenvalue weighted by Crippen LogP contribution is -2.49. The Bertz CT molecular complexity index is 900. The van der Waals surface area contributed by atoms with E-state index in [1.807, 2.05) is 6.07 Å². The summed E-state index contributed by atoms with van der Waals surface area (Å²) >= 11 is 0. The third-order valence-electron chi connectivity index (χ3n) is 5.12. The average Bonchev–Trinajstić information content (AvgIpc) is 2.64. The van der Waals surface area contributed by atoms with E-state index in [0.717, 1.165) is 18.2 Å². The van der Waals surface area contributed by atoms with Gasteiger partial charge in [0.1, 0.15) is 11.0 Å². The minimum atomic E-state index is -4.13. The highest BCUT2D eigenvalue weighted by Crippen LogP contribution is 2.23. The summed E-state index contributed by atoms with van der Waals surface area (Å²) in [5, 5.41) is 10.7. The number of primary amides is 1. The summed E-state index contributed by atoms with van der Waals surface area (Å²) < 4.78 is 31.0. The summed E-state index contributed by atoms with van der Waals surface area (Å²) in [5.41, 5.74) is 5.03. The molecule has 7 nitrogen and oxygen atoms in total. The molecule has 4 N–H and O–H groups in total. The first-order valence-corrected chi connectivity index (χ1v) is 10.7. The van der Waals surface area contributed by atoms with Crippen LogP contribution in [-0.4, -0.2) is 53.6 Å². The fraction of sp³-hybridized carbons (Fsp3) is 0.450. The van der Waals surface area contributed by atoms with Crippen molar-refractivity contribution in [2.45, 2.75) is 56.2 Å². The molecule has 0 radical (unpaired) electrons. The number of likely N-dealkylation sites (tertiary alicyclic amines) is 1. The van der Waals surface area contributed by atoms with Crippen LogP contribution in [0.1, 0.15) is 33.1 Å². The van der Waals surface area contributed by atoms with E-state index in [4.69, 9.17) is 10.3 Å². The van der Waals surface area contributed by atoms with Gasteiger partial charge in [-0.15, -0.1) is 0 Å². The summed E-state index contributed by atoms with van der Waals surface area (Å²) in [6.07, 6.45) is 2.47. The zero-order chi connectivity index (χ0) is 20.9. The first-order chi connectivity index (χ1) is 13.1. The molecule has 3 atom stereocenters. The van der Waals surface area contributed by atoms with Crippen molar-refractivity contribution in [2.75, 3.05) is 6.54 Å². The smallest absolute Gasteiger partial charge is 0.295 e. The second-order valence-electron chi connectivity index (χ2n) is 7.20. The topological polar surface area (TPSA) is 121 Å². The number of nitrogens with zero attached hydrogens (tertiary/aromatic N) is 1. The van der Waals surface area contributed by atoms with E-state index >= 15 is 0 Å². The third kappa shape index (κ3) is 5.75. The van der Waals surface area contributed by atoms with Crippen molar-refractivity contribution in [3.05, 3.63) is 42.5 Å². The Hall–Kier alpha value is -2.00. The van der Waals surface area contributed by atoms with Crippen molar-refractivity contribution in [1.29, 1.82) is 0 Å². The lowest BCUT2D eigenvalue weighted by atomic mass is 9.97. The summed E-state index contributed by atoms with van der Waals surface area (Å²) in [4.78, 5) is 12.9. The van der Waals surface area contributed by atoms with Gasteiger partial charge >= 0.3 is 0 Å². The van der Waals surface area contributed by atoms with Crippen LogP contribution in [0.3, 0.4) is 0 Å². The normalized spacial score (nSPS) is 21.6. The average molecular weight is 409 g/mol. The Balaban J connectivity index is 0.000000200. The lowest BCUT2D eigenvalue weighted by molar-refractivity contribution is -0.127. The number of aliphatic hydroxyl groups is 1. The maximum Gasteiger partial charge on any atom is 0.295 e. The van der Waals surface area contributed by atoms with Crippen molar-refractivity contribution in [3.8, 4) is 0 Å². The molecule has 1 fully saturated rings. The van der Waals surface area contributed by atoms with Crippen LogP contribution >= 0.6 is 0 Å². The predicted octanol–water partition coefficient (Wildman–Crippen LogP) is 2.18. The quantitative estimate of drug-likeness (QED) is 0.667. The zero-order valence-corrected chi connectivity index (χ0v) is 17.0. The van der Waals surface area contributed by atoms with Crippen LogP contribution in [0, 0.1) is 0 Å². The van der Waals surface area contributed by atoms with Crippen molar-refractivity contribution in [2.24, 2.45) is 5.73 Å². The van der Waals surface area contributed by atoms with Gasteiger partial charge in [0.15, 0.2) is 0 Å². The Kier molecular flexibility index (Phi) is 7.54. The van der Waals surface area contributed by atoms with Gasteiger partial charge in [-0.2, -0.15) is 8.42 Å². The number of nitrogens with two attached hydrogens (primary N) is 1. The van der Waals surface area contributed by atoms with E-state index in [2.05, 4.69) is 18.7 Å². The maximum atomic E-state index is 11.0. The first kappa shape index (κ1) is 22.3. The monoisotopic (exact) mass is 408 g/mol. The molecule has 0 spiro atoms. The SMILES string of the molecule is C[C@@H]1CCC[C@H](C)N1C[C@@H](O)C(N)=O.O=S(=O)(O)c1cccc2ccccc12. The van der Waals surface area contributed by atoms with E-state index in [9.17, 15) is 18.3 Å². The molecule has 1 saturated heterocycles. The van der Waals surface area contributed by atoms with Crippen molar-refractivity contribution in [3.63, 3.8) is 0 Å². The number of benzene rings is 2. The third-order valence-corrected chi connectivity index (χ3v) is 6.03. The van der Waals surface area contributed by atoms with E-state index in [-0.39, 0.29) is 4.90 Å². The Morgan fingerprint density at radius 2 is 1.71 bits per heavy atom. The second kappa shape index (κ2) is 9.47. The van der Waals surface area contributed by atoms with Crippen LogP contribution in [-0.2, 0) is 14.9 Å². The van der Waals surface area contributed by atoms with Crippen LogP contribution in [0.25, 0.3) is 10.8 Å². The molecule has 1 amide bonds. The number of hydrogen-bond donors (Lipinski definition) is 3. The van der Waals surface area contributed by atoms with Gasteiger partial charge in [0, 0.05) is 24.0 Å². The van der Waals surface area contributed by atoms with Gasteiger partial charge in [-0.05, 0) is 38.1 Å². The molecule has 1 aliphatic heterocycles. The molecular weight excluding hydrogens is 380 g/mol. The van der Waals surface area contributed by atoms with Crippen LogP contribution in [0.5, 0.6) is 0 Å².